The molecule has 0 amide bonds. The van der Waals surface area contributed by atoms with Crippen molar-refractivity contribution in [3.63, 3.8) is 0 Å². The van der Waals surface area contributed by atoms with Gasteiger partial charge in [0, 0.05) is 0 Å². The molecule has 0 spiro atoms. The minimum absolute atomic E-state index is 0.0788. The molecule has 1 aromatic rings. The molecule has 0 saturated heterocycles. The number of rotatable bonds is 5. The number of methoxy groups -OCH3 is 1. The molecule has 94 valence electrons. The zero-order valence-corrected chi connectivity index (χ0v) is 10.8. The standard InChI is InChI=1S/C14H21NO2/c1-11(14(2,15)13(16)17-3)9-10-12-7-5-4-6-8-12/h4-8,11H,9-10,15H2,1-3H3/t11-,14+/m1/s1. The number of ether oxygens (including phenoxy) is 1. The van der Waals surface area contributed by atoms with E-state index in [0.29, 0.717) is 0 Å². The van der Waals surface area contributed by atoms with Crippen LogP contribution >= 0.6 is 0 Å². The Kier molecular flexibility index (Phi) is 4.70. The van der Waals surface area contributed by atoms with Crippen molar-refractivity contribution in [1.29, 1.82) is 0 Å². The molecule has 3 nitrogen and oxygen atoms in total. The molecule has 0 aliphatic carbocycles. The third kappa shape index (κ3) is 3.56. The SMILES string of the molecule is COC(=O)[C@@](C)(N)[C@H](C)CCc1ccccc1. The van der Waals surface area contributed by atoms with E-state index in [9.17, 15) is 4.79 Å². The molecule has 17 heavy (non-hydrogen) atoms. The van der Waals surface area contributed by atoms with Gasteiger partial charge in [-0.15, -0.1) is 0 Å². The lowest BCUT2D eigenvalue weighted by Gasteiger charge is -2.28. The van der Waals surface area contributed by atoms with Gasteiger partial charge in [-0.05, 0) is 31.2 Å². The van der Waals surface area contributed by atoms with Crippen LogP contribution in [0.2, 0.25) is 0 Å². The van der Waals surface area contributed by atoms with E-state index in [-0.39, 0.29) is 11.9 Å². The molecule has 0 aromatic heterocycles. The molecular weight excluding hydrogens is 214 g/mol. The summed E-state index contributed by atoms with van der Waals surface area (Å²) in [4.78, 5) is 11.5. The van der Waals surface area contributed by atoms with Crippen molar-refractivity contribution in [2.75, 3.05) is 7.11 Å². The average molecular weight is 235 g/mol. The molecule has 3 heteroatoms. The largest absolute Gasteiger partial charge is 0.468 e. The highest BCUT2D eigenvalue weighted by molar-refractivity contribution is 5.80. The van der Waals surface area contributed by atoms with Crippen LogP contribution in [0.1, 0.15) is 25.8 Å². The van der Waals surface area contributed by atoms with Crippen molar-refractivity contribution >= 4 is 5.97 Å². The van der Waals surface area contributed by atoms with Crippen molar-refractivity contribution < 1.29 is 9.53 Å². The Balaban J connectivity index is 2.55. The van der Waals surface area contributed by atoms with E-state index < -0.39 is 5.54 Å². The zero-order chi connectivity index (χ0) is 12.9. The van der Waals surface area contributed by atoms with E-state index in [1.54, 1.807) is 6.92 Å². The van der Waals surface area contributed by atoms with Crippen LogP contribution in [-0.4, -0.2) is 18.6 Å². The number of carbonyl (C=O) groups excluding carboxylic acids is 1. The van der Waals surface area contributed by atoms with Gasteiger partial charge in [0.15, 0.2) is 0 Å². The molecule has 0 saturated carbocycles. The van der Waals surface area contributed by atoms with E-state index in [0.717, 1.165) is 12.8 Å². The lowest BCUT2D eigenvalue weighted by Crippen LogP contribution is -2.51. The number of benzene rings is 1. The smallest absolute Gasteiger partial charge is 0.325 e. The summed E-state index contributed by atoms with van der Waals surface area (Å²) in [7, 11) is 1.37. The first-order valence-electron chi connectivity index (χ1n) is 5.89. The molecule has 0 aliphatic heterocycles. The fourth-order valence-electron chi connectivity index (χ4n) is 1.75. The number of aryl methyl sites for hydroxylation is 1. The van der Waals surface area contributed by atoms with E-state index in [2.05, 4.69) is 12.1 Å². The Morgan fingerprint density at radius 2 is 2.00 bits per heavy atom. The maximum absolute atomic E-state index is 11.5. The summed E-state index contributed by atoms with van der Waals surface area (Å²) in [6.07, 6.45) is 1.79. The number of carbonyl (C=O) groups is 1. The van der Waals surface area contributed by atoms with Gasteiger partial charge in [0.05, 0.1) is 7.11 Å². The molecule has 0 heterocycles. The van der Waals surface area contributed by atoms with Crippen molar-refractivity contribution in [1.82, 2.24) is 0 Å². The van der Waals surface area contributed by atoms with Gasteiger partial charge in [0.25, 0.3) is 0 Å². The fourth-order valence-corrected chi connectivity index (χ4v) is 1.75. The second-order valence-corrected chi connectivity index (χ2v) is 4.70. The molecule has 1 rings (SSSR count). The normalized spacial score (nSPS) is 16.0. The monoisotopic (exact) mass is 235 g/mol. The van der Waals surface area contributed by atoms with Crippen LogP contribution in [0.4, 0.5) is 0 Å². The van der Waals surface area contributed by atoms with Crippen molar-refractivity contribution in [2.45, 2.75) is 32.2 Å². The summed E-state index contributed by atoms with van der Waals surface area (Å²) >= 11 is 0. The first-order chi connectivity index (χ1) is 7.98. The Labute approximate surface area is 103 Å². The van der Waals surface area contributed by atoms with Gasteiger partial charge < -0.3 is 10.5 Å². The van der Waals surface area contributed by atoms with Crippen LogP contribution in [0.3, 0.4) is 0 Å². The lowest BCUT2D eigenvalue weighted by molar-refractivity contribution is -0.148. The minimum Gasteiger partial charge on any atom is -0.468 e. The van der Waals surface area contributed by atoms with Gasteiger partial charge in [0.2, 0.25) is 0 Å². The first-order valence-corrected chi connectivity index (χ1v) is 5.89. The van der Waals surface area contributed by atoms with Crippen molar-refractivity contribution in [3.8, 4) is 0 Å². The Morgan fingerprint density at radius 3 is 2.53 bits per heavy atom. The quantitative estimate of drug-likeness (QED) is 0.796. The highest BCUT2D eigenvalue weighted by atomic mass is 16.5. The lowest BCUT2D eigenvalue weighted by atomic mass is 9.84. The molecule has 2 atom stereocenters. The summed E-state index contributed by atoms with van der Waals surface area (Å²) < 4.78 is 4.72. The molecule has 0 radical (unpaired) electrons. The molecule has 0 aliphatic rings. The molecule has 0 bridgehead atoms. The highest BCUT2D eigenvalue weighted by Crippen LogP contribution is 2.21. The maximum atomic E-state index is 11.5. The summed E-state index contributed by atoms with van der Waals surface area (Å²) in [5.74, 6) is -0.270. The predicted molar refractivity (Wildman–Crippen MR) is 68.5 cm³/mol. The maximum Gasteiger partial charge on any atom is 0.325 e. The predicted octanol–water partition coefficient (Wildman–Crippen LogP) is 2.15. The van der Waals surface area contributed by atoms with Crippen LogP contribution < -0.4 is 5.73 Å². The van der Waals surface area contributed by atoms with E-state index in [1.807, 2.05) is 25.1 Å². The molecule has 2 N–H and O–H groups in total. The minimum atomic E-state index is -0.913. The van der Waals surface area contributed by atoms with Crippen LogP contribution in [0.25, 0.3) is 0 Å². The zero-order valence-electron chi connectivity index (χ0n) is 10.8. The topological polar surface area (TPSA) is 52.3 Å². The second-order valence-electron chi connectivity index (χ2n) is 4.70. The van der Waals surface area contributed by atoms with Gasteiger partial charge in [-0.1, -0.05) is 37.3 Å². The Bertz CT molecular complexity index is 360. The molecular formula is C14H21NO2. The number of nitrogens with two attached hydrogens (primary N) is 1. The third-order valence-corrected chi connectivity index (χ3v) is 3.36. The second kappa shape index (κ2) is 5.82. The highest BCUT2D eigenvalue weighted by Gasteiger charge is 2.35. The van der Waals surface area contributed by atoms with Crippen LogP contribution in [0.5, 0.6) is 0 Å². The van der Waals surface area contributed by atoms with Gasteiger partial charge in [-0.2, -0.15) is 0 Å². The average Bonchev–Trinajstić information content (AvgIpc) is 2.35. The van der Waals surface area contributed by atoms with Gasteiger partial charge >= 0.3 is 5.97 Å². The summed E-state index contributed by atoms with van der Waals surface area (Å²) in [5.41, 5.74) is 6.35. The number of hydrogen-bond donors (Lipinski definition) is 1. The van der Waals surface area contributed by atoms with Crippen LogP contribution in [0.15, 0.2) is 30.3 Å². The van der Waals surface area contributed by atoms with E-state index in [4.69, 9.17) is 10.5 Å². The van der Waals surface area contributed by atoms with Gasteiger partial charge in [-0.25, -0.2) is 0 Å². The number of esters is 1. The first kappa shape index (κ1) is 13.7. The summed E-state index contributed by atoms with van der Waals surface area (Å²) in [6.45, 7) is 3.72. The van der Waals surface area contributed by atoms with Gasteiger partial charge in [-0.3, -0.25) is 4.79 Å². The van der Waals surface area contributed by atoms with Gasteiger partial charge in [0.1, 0.15) is 5.54 Å². The third-order valence-electron chi connectivity index (χ3n) is 3.36. The number of hydrogen-bond acceptors (Lipinski definition) is 3. The van der Waals surface area contributed by atoms with E-state index >= 15 is 0 Å². The van der Waals surface area contributed by atoms with Crippen molar-refractivity contribution in [3.05, 3.63) is 35.9 Å². The summed E-state index contributed by atoms with van der Waals surface area (Å²) in [5, 5.41) is 0. The summed E-state index contributed by atoms with van der Waals surface area (Å²) in [6, 6.07) is 10.2. The molecule has 0 fully saturated rings. The molecule has 0 unspecified atom stereocenters. The van der Waals surface area contributed by atoms with E-state index in [1.165, 1.54) is 12.7 Å². The van der Waals surface area contributed by atoms with Crippen LogP contribution in [-0.2, 0) is 16.0 Å². The molecule has 1 aromatic carbocycles. The Morgan fingerprint density at radius 1 is 1.41 bits per heavy atom. The van der Waals surface area contributed by atoms with Crippen molar-refractivity contribution in [2.24, 2.45) is 11.7 Å². The fraction of sp³-hybridized carbons (Fsp3) is 0.500. The Hall–Kier alpha value is -1.35. The van der Waals surface area contributed by atoms with Crippen LogP contribution in [0, 0.1) is 5.92 Å².